The number of ether oxygens (including phenoxy) is 1. The van der Waals surface area contributed by atoms with Crippen molar-refractivity contribution >= 4 is 28.8 Å². The van der Waals surface area contributed by atoms with Gasteiger partial charge in [0.2, 0.25) is 11.5 Å². The third-order valence-corrected chi connectivity index (χ3v) is 4.62. The van der Waals surface area contributed by atoms with Gasteiger partial charge in [-0.25, -0.2) is 4.79 Å². The van der Waals surface area contributed by atoms with Crippen LogP contribution < -0.4 is 15.4 Å². The number of aliphatic carboxylic acids is 1. The lowest BCUT2D eigenvalue weighted by Crippen LogP contribution is -2.53. The minimum absolute atomic E-state index is 0.146. The molecule has 26 heavy (non-hydrogen) atoms. The average Bonchev–Trinajstić information content (AvgIpc) is 3.11. The van der Waals surface area contributed by atoms with Gasteiger partial charge < -0.3 is 20.5 Å². The monoisotopic (exact) mass is 354 g/mol. The van der Waals surface area contributed by atoms with E-state index in [1.165, 1.54) is 0 Å². The van der Waals surface area contributed by atoms with Crippen LogP contribution >= 0.6 is 0 Å². The lowest BCUT2D eigenvalue weighted by molar-refractivity contribution is -0.157. The summed E-state index contributed by atoms with van der Waals surface area (Å²) in [5, 5.41) is 17.3. The molecule has 1 aromatic carbocycles. The number of nitrogens with zero attached hydrogens (tertiary/aromatic N) is 4. The van der Waals surface area contributed by atoms with E-state index >= 15 is 0 Å². The summed E-state index contributed by atoms with van der Waals surface area (Å²) in [5.41, 5.74) is 5.08. The molecular weight excluding hydrogens is 336 g/mol. The van der Waals surface area contributed by atoms with Gasteiger partial charge in [0.15, 0.2) is 5.65 Å². The van der Waals surface area contributed by atoms with Gasteiger partial charge in [-0.15, -0.1) is 0 Å². The van der Waals surface area contributed by atoms with Crippen molar-refractivity contribution in [3.63, 3.8) is 0 Å². The number of fused-ring (bicyclic) bond motifs is 1. The van der Waals surface area contributed by atoms with Crippen LogP contribution in [0.3, 0.4) is 0 Å². The molecule has 9 heteroatoms. The quantitative estimate of drug-likeness (QED) is 0.641. The Labute approximate surface area is 148 Å². The molecule has 134 valence electrons. The minimum atomic E-state index is -1.26. The number of benzene rings is 1. The summed E-state index contributed by atoms with van der Waals surface area (Å²) >= 11 is 0. The van der Waals surface area contributed by atoms with Crippen molar-refractivity contribution in [1.29, 1.82) is 0 Å². The fraction of sp³-hybridized carbons (Fsp3) is 0.294. The number of rotatable bonds is 4. The van der Waals surface area contributed by atoms with Crippen LogP contribution in [0, 0.1) is 0 Å². The lowest BCUT2D eigenvalue weighted by atomic mass is 9.91. The number of piperidine rings is 1. The first-order valence-corrected chi connectivity index (χ1v) is 8.26. The summed E-state index contributed by atoms with van der Waals surface area (Å²) in [4.78, 5) is 22.4. The molecule has 0 unspecified atom stereocenters. The second kappa shape index (κ2) is 6.17. The smallest absolute Gasteiger partial charge is 0.348 e. The predicted molar refractivity (Wildman–Crippen MR) is 95.0 cm³/mol. The molecule has 1 aliphatic rings. The molecule has 1 aliphatic heterocycles. The molecule has 2 aromatic heterocycles. The van der Waals surface area contributed by atoms with Crippen molar-refractivity contribution in [2.75, 3.05) is 23.7 Å². The van der Waals surface area contributed by atoms with Gasteiger partial charge in [0.05, 0.1) is 11.6 Å². The van der Waals surface area contributed by atoms with E-state index in [0.29, 0.717) is 43.1 Å². The van der Waals surface area contributed by atoms with Crippen LogP contribution in [-0.2, 0) is 4.79 Å². The van der Waals surface area contributed by atoms with Gasteiger partial charge in [0.25, 0.3) is 0 Å². The van der Waals surface area contributed by atoms with Crippen molar-refractivity contribution in [2.24, 2.45) is 0 Å². The maximum absolute atomic E-state index is 11.9. The number of aromatic nitrogens is 4. The first-order valence-electron chi connectivity index (χ1n) is 8.26. The standard InChI is InChI=1S/C17H18N6O3/c18-16-20-13-12(10-19-22-13)14(21-16)23-8-6-17(7-9-23,15(24)25)26-11-4-2-1-3-5-11/h1-5,10H,6-9H2,(H,24,25)(H3,18,19,20,21,22). The number of carbonyl (C=O) groups is 1. The van der Waals surface area contributed by atoms with Crippen LogP contribution in [0.25, 0.3) is 11.0 Å². The van der Waals surface area contributed by atoms with E-state index in [9.17, 15) is 9.90 Å². The van der Waals surface area contributed by atoms with Crippen molar-refractivity contribution in [3.8, 4) is 5.75 Å². The second-order valence-corrected chi connectivity index (χ2v) is 6.24. The number of nitrogen functional groups attached to an aromatic ring is 1. The molecule has 0 bridgehead atoms. The number of para-hydroxylation sites is 1. The molecular formula is C17H18N6O3. The first-order chi connectivity index (χ1) is 12.6. The molecule has 0 aliphatic carbocycles. The number of hydrogen-bond donors (Lipinski definition) is 3. The number of nitrogens with two attached hydrogens (primary N) is 1. The molecule has 0 saturated carbocycles. The van der Waals surface area contributed by atoms with Gasteiger partial charge in [-0.2, -0.15) is 15.1 Å². The molecule has 3 heterocycles. The highest BCUT2D eigenvalue weighted by molar-refractivity contribution is 5.87. The molecule has 3 aromatic rings. The Bertz CT molecular complexity index is 934. The van der Waals surface area contributed by atoms with Crippen molar-refractivity contribution < 1.29 is 14.6 Å². The van der Waals surface area contributed by atoms with E-state index in [1.54, 1.807) is 18.3 Å². The van der Waals surface area contributed by atoms with Crippen LogP contribution in [0.4, 0.5) is 11.8 Å². The zero-order valence-electron chi connectivity index (χ0n) is 13.9. The molecule has 4 rings (SSSR count). The van der Waals surface area contributed by atoms with Crippen LogP contribution in [0.5, 0.6) is 5.75 Å². The maximum atomic E-state index is 11.9. The summed E-state index contributed by atoms with van der Waals surface area (Å²) in [5.74, 6) is 0.385. The number of carboxylic acids is 1. The lowest BCUT2D eigenvalue weighted by Gasteiger charge is -2.39. The fourth-order valence-electron chi connectivity index (χ4n) is 3.23. The molecule has 0 radical (unpaired) electrons. The normalized spacial score (nSPS) is 16.5. The summed E-state index contributed by atoms with van der Waals surface area (Å²) in [6.45, 7) is 0.936. The van der Waals surface area contributed by atoms with Crippen LogP contribution in [0.1, 0.15) is 12.8 Å². The Hall–Kier alpha value is -3.36. The highest BCUT2D eigenvalue weighted by atomic mass is 16.5. The van der Waals surface area contributed by atoms with E-state index < -0.39 is 11.6 Å². The third-order valence-electron chi connectivity index (χ3n) is 4.62. The molecule has 0 atom stereocenters. The number of anilines is 2. The summed E-state index contributed by atoms with van der Waals surface area (Å²) in [6.07, 6.45) is 2.28. The maximum Gasteiger partial charge on any atom is 0.348 e. The van der Waals surface area contributed by atoms with E-state index in [-0.39, 0.29) is 5.95 Å². The third kappa shape index (κ3) is 2.77. The van der Waals surface area contributed by atoms with E-state index in [1.807, 2.05) is 23.1 Å². The molecule has 9 nitrogen and oxygen atoms in total. The van der Waals surface area contributed by atoms with Gasteiger partial charge in [0, 0.05) is 25.9 Å². The predicted octanol–water partition coefficient (Wildman–Crippen LogP) is 1.44. The van der Waals surface area contributed by atoms with E-state index in [4.69, 9.17) is 10.5 Å². The highest BCUT2D eigenvalue weighted by Gasteiger charge is 2.44. The number of hydrogen-bond acceptors (Lipinski definition) is 7. The second-order valence-electron chi connectivity index (χ2n) is 6.24. The van der Waals surface area contributed by atoms with E-state index in [2.05, 4.69) is 20.2 Å². The molecule has 1 saturated heterocycles. The zero-order valence-corrected chi connectivity index (χ0v) is 13.9. The van der Waals surface area contributed by atoms with Crippen LogP contribution in [-0.4, -0.2) is 49.9 Å². The van der Waals surface area contributed by atoms with Gasteiger partial charge >= 0.3 is 5.97 Å². The highest BCUT2D eigenvalue weighted by Crippen LogP contribution is 2.33. The summed E-state index contributed by atoms with van der Waals surface area (Å²) in [7, 11) is 0. The topological polar surface area (TPSA) is 130 Å². The molecule has 1 fully saturated rings. The van der Waals surface area contributed by atoms with Crippen molar-refractivity contribution in [2.45, 2.75) is 18.4 Å². The Morgan fingerprint density at radius 3 is 2.65 bits per heavy atom. The van der Waals surface area contributed by atoms with E-state index in [0.717, 1.165) is 5.39 Å². The zero-order chi connectivity index (χ0) is 18.1. The van der Waals surface area contributed by atoms with Crippen LogP contribution in [0.15, 0.2) is 36.5 Å². The summed E-state index contributed by atoms with van der Waals surface area (Å²) < 4.78 is 5.88. The number of aromatic amines is 1. The van der Waals surface area contributed by atoms with Crippen molar-refractivity contribution in [3.05, 3.63) is 36.5 Å². The SMILES string of the molecule is Nc1nc(N2CCC(Oc3ccccc3)(C(=O)O)CC2)c2cn[nH]c2n1. The number of nitrogens with one attached hydrogen (secondary N) is 1. The minimum Gasteiger partial charge on any atom is -0.478 e. The number of carboxylic acid groups (broad SMARTS) is 1. The van der Waals surface area contributed by atoms with Gasteiger partial charge in [-0.05, 0) is 12.1 Å². The largest absolute Gasteiger partial charge is 0.478 e. The van der Waals surface area contributed by atoms with Crippen molar-refractivity contribution in [1.82, 2.24) is 20.2 Å². The molecule has 0 amide bonds. The van der Waals surface area contributed by atoms with Gasteiger partial charge in [0.1, 0.15) is 11.6 Å². The van der Waals surface area contributed by atoms with Gasteiger partial charge in [-0.1, -0.05) is 18.2 Å². The Kier molecular flexibility index (Phi) is 3.83. The average molecular weight is 354 g/mol. The first kappa shape index (κ1) is 16.1. The fourth-order valence-corrected chi connectivity index (χ4v) is 3.23. The Morgan fingerprint density at radius 1 is 1.23 bits per heavy atom. The molecule has 0 spiro atoms. The Morgan fingerprint density at radius 2 is 1.96 bits per heavy atom. The Balaban J connectivity index is 1.58. The number of H-pyrrole nitrogens is 1. The molecule has 4 N–H and O–H groups in total. The van der Waals surface area contributed by atoms with Crippen LogP contribution in [0.2, 0.25) is 0 Å². The summed E-state index contributed by atoms with van der Waals surface area (Å²) in [6, 6.07) is 9.02. The van der Waals surface area contributed by atoms with Gasteiger partial charge in [-0.3, -0.25) is 5.10 Å².